The highest BCUT2D eigenvalue weighted by molar-refractivity contribution is 7.14. The number of fused-ring (bicyclic) bond motifs is 2. The first-order valence-corrected chi connectivity index (χ1v) is 12.1. The maximum atomic E-state index is 14.2. The van der Waals surface area contributed by atoms with Crippen LogP contribution in [-0.2, 0) is 11.3 Å². The Morgan fingerprint density at radius 3 is 2.94 bits per heavy atom. The average Bonchev–Trinajstić information content (AvgIpc) is 3.60. The van der Waals surface area contributed by atoms with Crippen molar-refractivity contribution in [2.45, 2.75) is 19.5 Å². The fraction of sp³-hybridized carbons (Fsp3) is 0.250. The molecule has 0 aliphatic carbocycles. The van der Waals surface area contributed by atoms with E-state index < -0.39 is 11.6 Å². The van der Waals surface area contributed by atoms with E-state index in [4.69, 9.17) is 0 Å². The lowest BCUT2D eigenvalue weighted by Crippen LogP contribution is -2.54. The number of carbonyl (C=O) groups excluding carboxylic acids is 1. The Morgan fingerprint density at radius 1 is 1.20 bits per heavy atom. The molecule has 5 aromatic rings. The van der Waals surface area contributed by atoms with Crippen LogP contribution in [0.5, 0.6) is 0 Å². The van der Waals surface area contributed by atoms with Crippen LogP contribution in [0.25, 0.3) is 33.6 Å². The number of nitrogens with zero attached hydrogens (tertiary/aromatic N) is 6. The van der Waals surface area contributed by atoms with Crippen LogP contribution in [0, 0.1) is 11.6 Å². The van der Waals surface area contributed by atoms with Crippen molar-refractivity contribution >= 4 is 44.3 Å². The SMILES string of the molecule is CC1CN(c2scnc2-c2nc3c(F)c(F)ccc3[nH]2)CCN1C(=O)Cn1ccc2cccnc21. The van der Waals surface area contributed by atoms with E-state index in [1.807, 2.05) is 40.8 Å². The molecule has 1 unspecified atom stereocenters. The van der Waals surface area contributed by atoms with Crippen molar-refractivity contribution in [2.75, 3.05) is 24.5 Å². The van der Waals surface area contributed by atoms with Crippen molar-refractivity contribution < 1.29 is 13.6 Å². The molecule has 35 heavy (non-hydrogen) atoms. The van der Waals surface area contributed by atoms with Gasteiger partial charge < -0.3 is 19.4 Å². The van der Waals surface area contributed by atoms with E-state index >= 15 is 0 Å². The molecule has 1 aromatic carbocycles. The van der Waals surface area contributed by atoms with Gasteiger partial charge in [0.15, 0.2) is 17.5 Å². The Morgan fingerprint density at radius 2 is 2.09 bits per heavy atom. The summed E-state index contributed by atoms with van der Waals surface area (Å²) in [6.07, 6.45) is 3.62. The van der Waals surface area contributed by atoms with E-state index in [2.05, 4.69) is 24.8 Å². The van der Waals surface area contributed by atoms with Gasteiger partial charge in [-0.3, -0.25) is 4.79 Å². The molecule has 4 aromatic heterocycles. The van der Waals surface area contributed by atoms with Gasteiger partial charge in [-0.25, -0.2) is 23.7 Å². The third kappa shape index (κ3) is 3.72. The highest BCUT2D eigenvalue weighted by atomic mass is 32.1. The average molecular weight is 494 g/mol. The molecule has 0 spiro atoms. The molecule has 1 saturated heterocycles. The number of amides is 1. The van der Waals surface area contributed by atoms with Crippen LogP contribution in [0.2, 0.25) is 0 Å². The molecule has 178 valence electrons. The summed E-state index contributed by atoms with van der Waals surface area (Å²) in [5.41, 5.74) is 3.45. The number of imidazole rings is 1. The summed E-state index contributed by atoms with van der Waals surface area (Å²) in [6.45, 7) is 4.06. The lowest BCUT2D eigenvalue weighted by atomic mass is 10.2. The second-order valence-corrected chi connectivity index (χ2v) is 9.42. The largest absolute Gasteiger partial charge is 0.358 e. The third-order valence-electron chi connectivity index (χ3n) is 6.38. The van der Waals surface area contributed by atoms with Crippen LogP contribution >= 0.6 is 11.3 Å². The number of nitrogens with one attached hydrogen (secondary N) is 1. The van der Waals surface area contributed by atoms with E-state index in [-0.39, 0.29) is 24.0 Å². The van der Waals surface area contributed by atoms with Gasteiger partial charge in [0.2, 0.25) is 5.91 Å². The minimum absolute atomic E-state index is 0.0248. The van der Waals surface area contributed by atoms with Crippen molar-refractivity contribution in [3.63, 3.8) is 0 Å². The molecule has 0 saturated carbocycles. The molecule has 8 nitrogen and oxygen atoms in total. The number of aromatic nitrogens is 5. The van der Waals surface area contributed by atoms with Crippen LogP contribution < -0.4 is 4.90 Å². The highest BCUT2D eigenvalue weighted by Gasteiger charge is 2.30. The Balaban J connectivity index is 1.20. The molecule has 0 bridgehead atoms. The standard InChI is InChI=1S/C24H21F2N7OS/c1-14-11-32(9-10-33(14)18(34)12-31-8-6-15-3-2-7-27-23(15)31)24-21(28-13-35-24)22-29-17-5-4-16(25)19(26)20(17)30-22/h2-8,13-14H,9-12H2,1H3,(H,29,30). The van der Waals surface area contributed by atoms with Crippen LogP contribution in [0.3, 0.4) is 0 Å². The summed E-state index contributed by atoms with van der Waals surface area (Å²) in [7, 11) is 0. The number of piperazine rings is 1. The van der Waals surface area contributed by atoms with E-state index in [9.17, 15) is 13.6 Å². The molecule has 1 aliphatic heterocycles. The van der Waals surface area contributed by atoms with Crippen molar-refractivity contribution in [2.24, 2.45) is 0 Å². The summed E-state index contributed by atoms with van der Waals surface area (Å²) >= 11 is 1.46. The van der Waals surface area contributed by atoms with E-state index in [0.717, 1.165) is 22.1 Å². The first kappa shape index (κ1) is 21.7. The molecule has 1 aliphatic rings. The van der Waals surface area contributed by atoms with Gasteiger partial charge in [0.1, 0.15) is 28.4 Å². The van der Waals surface area contributed by atoms with Crippen molar-refractivity contribution in [1.82, 2.24) is 29.4 Å². The number of aromatic amines is 1. The van der Waals surface area contributed by atoms with Crippen LogP contribution in [0.15, 0.2) is 48.2 Å². The van der Waals surface area contributed by atoms with Crippen LogP contribution in [0.4, 0.5) is 13.8 Å². The van der Waals surface area contributed by atoms with E-state index in [1.165, 1.54) is 17.4 Å². The number of benzene rings is 1. The zero-order valence-electron chi connectivity index (χ0n) is 18.8. The summed E-state index contributed by atoms with van der Waals surface area (Å²) in [5, 5.41) is 1.88. The Labute approximate surface area is 202 Å². The molecular weight excluding hydrogens is 472 g/mol. The number of anilines is 1. The summed E-state index contributed by atoms with van der Waals surface area (Å²) in [5.74, 6) is -1.49. The normalized spacial score (nSPS) is 16.5. The molecule has 1 N–H and O–H groups in total. The van der Waals surface area contributed by atoms with Crippen LogP contribution in [0.1, 0.15) is 6.92 Å². The third-order valence-corrected chi connectivity index (χ3v) is 7.27. The van der Waals surface area contributed by atoms with Crippen molar-refractivity contribution in [1.29, 1.82) is 0 Å². The highest BCUT2D eigenvalue weighted by Crippen LogP contribution is 2.35. The smallest absolute Gasteiger partial charge is 0.242 e. The van der Waals surface area contributed by atoms with E-state index in [0.29, 0.717) is 36.7 Å². The van der Waals surface area contributed by atoms with Gasteiger partial charge in [-0.05, 0) is 37.3 Å². The van der Waals surface area contributed by atoms with Crippen molar-refractivity contribution in [3.05, 3.63) is 59.9 Å². The maximum absolute atomic E-state index is 14.2. The maximum Gasteiger partial charge on any atom is 0.242 e. The molecule has 6 rings (SSSR count). The Kier molecular flexibility index (Phi) is 5.21. The second kappa shape index (κ2) is 8.42. The number of thiazole rings is 1. The number of carbonyl (C=O) groups is 1. The number of hydrogen-bond donors (Lipinski definition) is 1. The zero-order valence-corrected chi connectivity index (χ0v) is 19.6. The van der Waals surface area contributed by atoms with Gasteiger partial charge in [-0.15, -0.1) is 11.3 Å². The van der Waals surface area contributed by atoms with Crippen LogP contribution in [-0.4, -0.2) is 61.0 Å². The monoisotopic (exact) mass is 493 g/mol. The lowest BCUT2D eigenvalue weighted by Gasteiger charge is -2.40. The minimum Gasteiger partial charge on any atom is -0.358 e. The van der Waals surface area contributed by atoms with Gasteiger partial charge in [0.05, 0.1) is 11.0 Å². The molecule has 5 heterocycles. The molecule has 1 fully saturated rings. The van der Waals surface area contributed by atoms with Gasteiger partial charge in [-0.2, -0.15) is 0 Å². The Bertz CT molecular complexity index is 1560. The number of H-pyrrole nitrogens is 1. The minimum atomic E-state index is -0.979. The first-order chi connectivity index (χ1) is 17.0. The molecule has 0 radical (unpaired) electrons. The fourth-order valence-corrected chi connectivity index (χ4v) is 5.49. The number of pyridine rings is 1. The predicted octanol–water partition coefficient (Wildman–Crippen LogP) is 4.05. The zero-order chi connectivity index (χ0) is 24.1. The topological polar surface area (TPSA) is 82.9 Å². The lowest BCUT2D eigenvalue weighted by molar-refractivity contribution is -0.134. The number of halogens is 2. The predicted molar refractivity (Wildman–Crippen MR) is 130 cm³/mol. The number of rotatable bonds is 4. The molecular formula is C24H21F2N7OS. The molecule has 1 atom stereocenters. The Hall–Kier alpha value is -3.86. The summed E-state index contributed by atoms with van der Waals surface area (Å²) in [4.78, 5) is 33.3. The van der Waals surface area contributed by atoms with Gasteiger partial charge in [0, 0.05) is 43.5 Å². The molecule has 1 amide bonds. The van der Waals surface area contributed by atoms with Crippen molar-refractivity contribution in [3.8, 4) is 11.5 Å². The first-order valence-electron chi connectivity index (χ1n) is 11.2. The fourth-order valence-electron chi connectivity index (χ4n) is 4.65. The van der Waals surface area contributed by atoms with E-state index in [1.54, 1.807) is 11.7 Å². The molecule has 11 heteroatoms. The van der Waals surface area contributed by atoms with Gasteiger partial charge in [0.25, 0.3) is 0 Å². The van der Waals surface area contributed by atoms with Gasteiger partial charge >= 0.3 is 0 Å². The van der Waals surface area contributed by atoms with Gasteiger partial charge in [-0.1, -0.05) is 0 Å². The summed E-state index contributed by atoms with van der Waals surface area (Å²) < 4.78 is 29.7. The number of hydrogen-bond acceptors (Lipinski definition) is 6. The quantitative estimate of drug-likeness (QED) is 0.409. The second-order valence-electron chi connectivity index (χ2n) is 8.59. The summed E-state index contributed by atoms with van der Waals surface area (Å²) in [6, 6.07) is 8.33.